The maximum absolute atomic E-state index is 11.3. The molecule has 1 aliphatic heterocycles. The highest BCUT2D eigenvalue weighted by Gasteiger charge is 2.39. The highest BCUT2D eigenvalue weighted by atomic mass is 16.6. The zero-order chi connectivity index (χ0) is 14.7. The Bertz CT molecular complexity index is 541. The van der Waals surface area contributed by atoms with E-state index < -0.39 is 5.60 Å². The van der Waals surface area contributed by atoms with Gasteiger partial charge >= 0.3 is 0 Å². The molecular weight excluding hydrogens is 268 g/mol. The van der Waals surface area contributed by atoms with Crippen LogP contribution in [0, 0.1) is 0 Å². The van der Waals surface area contributed by atoms with Crippen LogP contribution in [-0.4, -0.2) is 16.5 Å². The van der Waals surface area contributed by atoms with Crippen LogP contribution >= 0.6 is 0 Å². The Kier molecular flexibility index (Phi) is 3.97. The molecule has 1 fully saturated rings. The van der Waals surface area contributed by atoms with E-state index in [4.69, 9.17) is 9.47 Å². The Morgan fingerprint density at radius 3 is 2.71 bits per heavy atom. The fourth-order valence-corrected chi connectivity index (χ4v) is 2.86. The van der Waals surface area contributed by atoms with E-state index in [2.05, 4.69) is 18.2 Å². The van der Waals surface area contributed by atoms with Gasteiger partial charge in [-0.15, -0.1) is 0 Å². The normalized spacial score (nSPS) is 24.4. The molecule has 4 nitrogen and oxygen atoms in total. The van der Waals surface area contributed by atoms with Gasteiger partial charge in [0.2, 0.25) is 0 Å². The first-order chi connectivity index (χ1) is 10.2. The summed E-state index contributed by atoms with van der Waals surface area (Å²) in [7, 11) is 0. The van der Waals surface area contributed by atoms with Crippen molar-refractivity contribution in [2.45, 2.75) is 50.5 Å². The monoisotopic (exact) mass is 288 g/mol. The Balaban J connectivity index is 1.64. The number of ether oxygens (including phenoxy) is 2. The van der Waals surface area contributed by atoms with Gasteiger partial charge in [-0.3, -0.25) is 4.79 Å². The molecule has 0 amide bonds. The molecule has 1 N–H and O–H groups in total. The lowest BCUT2D eigenvalue weighted by Crippen LogP contribution is -2.37. The second-order valence-electron chi connectivity index (χ2n) is 5.84. The molecule has 0 unspecified atom stereocenters. The van der Waals surface area contributed by atoms with Gasteiger partial charge in [0.15, 0.2) is 5.76 Å². The Labute approximate surface area is 124 Å². The van der Waals surface area contributed by atoms with Crippen molar-refractivity contribution >= 4 is 5.78 Å². The van der Waals surface area contributed by atoms with Crippen molar-refractivity contribution in [3.05, 3.63) is 47.8 Å². The van der Waals surface area contributed by atoms with Crippen LogP contribution in [0.4, 0.5) is 0 Å². The van der Waals surface area contributed by atoms with Crippen molar-refractivity contribution in [3.8, 4) is 0 Å². The van der Waals surface area contributed by atoms with Gasteiger partial charge in [-0.25, -0.2) is 0 Å². The molecule has 0 radical (unpaired) electrons. The van der Waals surface area contributed by atoms with Crippen LogP contribution < -0.4 is 0 Å². The average molecular weight is 288 g/mol. The quantitative estimate of drug-likeness (QED) is 0.866. The topological polar surface area (TPSA) is 55.8 Å². The van der Waals surface area contributed by atoms with Gasteiger partial charge in [-0.05, 0) is 25.7 Å². The van der Waals surface area contributed by atoms with Crippen molar-refractivity contribution in [1.29, 1.82) is 0 Å². The minimum atomic E-state index is -1.08. The zero-order valence-corrected chi connectivity index (χ0v) is 12.0. The van der Waals surface area contributed by atoms with E-state index in [9.17, 15) is 9.90 Å². The summed E-state index contributed by atoms with van der Waals surface area (Å²) >= 11 is 0. The molecule has 0 bridgehead atoms. The maximum atomic E-state index is 11.3. The summed E-state index contributed by atoms with van der Waals surface area (Å²) in [6.45, 7) is 0. The molecule has 0 aromatic carbocycles. The number of ketones is 1. The number of Topliss-reactive ketones (excluding diaryl/α,β-unsaturated/α-hetero) is 1. The van der Waals surface area contributed by atoms with E-state index >= 15 is 0 Å². The molecule has 0 atom stereocenters. The molecule has 0 aromatic rings. The second kappa shape index (κ2) is 5.90. The third kappa shape index (κ3) is 3.27. The van der Waals surface area contributed by atoms with Gasteiger partial charge in [0.05, 0.1) is 0 Å². The third-order valence-electron chi connectivity index (χ3n) is 4.21. The summed E-state index contributed by atoms with van der Waals surface area (Å²) in [5, 5.41) is 10.7. The number of allylic oxidation sites excluding steroid dienone is 4. The molecule has 4 heteroatoms. The molecule has 0 spiro atoms. The minimum Gasteiger partial charge on any atom is -0.465 e. The number of hydrogen-bond acceptors (Lipinski definition) is 4. The Morgan fingerprint density at radius 1 is 1.19 bits per heavy atom. The molecule has 1 saturated carbocycles. The largest absolute Gasteiger partial charge is 0.465 e. The lowest BCUT2D eigenvalue weighted by Gasteiger charge is -2.34. The number of aliphatic hydroxyl groups is 1. The van der Waals surface area contributed by atoms with Crippen LogP contribution in [0.5, 0.6) is 0 Å². The van der Waals surface area contributed by atoms with E-state index in [1.165, 1.54) is 11.8 Å². The fourth-order valence-electron chi connectivity index (χ4n) is 2.86. The summed E-state index contributed by atoms with van der Waals surface area (Å²) in [6, 6.07) is 0. The Hall–Kier alpha value is -1.81. The first kappa shape index (κ1) is 14.1. The van der Waals surface area contributed by atoms with E-state index in [1.54, 1.807) is 6.26 Å². The van der Waals surface area contributed by atoms with E-state index in [0.29, 0.717) is 43.6 Å². The third-order valence-corrected chi connectivity index (χ3v) is 4.21. The van der Waals surface area contributed by atoms with E-state index in [0.717, 1.165) is 12.8 Å². The maximum Gasteiger partial charge on any atom is 0.170 e. The van der Waals surface area contributed by atoms with Crippen LogP contribution in [-0.2, 0) is 14.3 Å². The summed E-state index contributed by atoms with van der Waals surface area (Å²) in [5.74, 6) is 1.34. The minimum absolute atomic E-state index is 0.201. The molecule has 2 aliphatic carbocycles. The highest BCUT2D eigenvalue weighted by molar-refractivity contribution is 5.79. The van der Waals surface area contributed by atoms with Crippen LogP contribution in [0.1, 0.15) is 44.9 Å². The van der Waals surface area contributed by atoms with Crippen LogP contribution in [0.3, 0.4) is 0 Å². The smallest absolute Gasteiger partial charge is 0.170 e. The van der Waals surface area contributed by atoms with Crippen molar-refractivity contribution in [3.63, 3.8) is 0 Å². The van der Waals surface area contributed by atoms with Gasteiger partial charge < -0.3 is 14.6 Å². The number of rotatable bonds is 3. The number of carbonyl (C=O) groups excluding carboxylic acids is 1. The summed E-state index contributed by atoms with van der Waals surface area (Å²) in [6.07, 6.45) is 13.7. The van der Waals surface area contributed by atoms with Gasteiger partial charge in [0.25, 0.3) is 0 Å². The lowest BCUT2D eigenvalue weighted by molar-refractivity contribution is -0.125. The number of carbonyl (C=O) groups is 1. The SMILES string of the molecule is O=C1CCC(O)(C2=COC=C(CC3=CC=CCC3)O2)CC1. The average Bonchev–Trinajstić information content (AvgIpc) is 2.52. The molecule has 3 aliphatic rings. The molecule has 112 valence electrons. The Morgan fingerprint density at radius 2 is 2.00 bits per heavy atom. The fraction of sp³-hybridized carbons (Fsp3) is 0.471. The molecule has 3 rings (SSSR count). The molecule has 0 aromatic heterocycles. The zero-order valence-electron chi connectivity index (χ0n) is 12.0. The standard InChI is InChI=1S/C17H20O4/c18-14-6-8-17(19,9-7-14)16-12-20-11-15(21-16)10-13-4-2-1-3-5-13/h1-2,4,11-12,19H,3,5-10H2. The first-order valence-corrected chi connectivity index (χ1v) is 7.47. The van der Waals surface area contributed by atoms with E-state index in [1.807, 2.05) is 0 Å². The van der Waals surface area contributed by atoms with Gasteiger partial charge in [0.1, 0.15) is 29.7 Å². The summed E-state index contributed by atoms with van der Waals surface area (Å²) < 4.78 is 11.2. The summed E-state index contributed by atoms with van der Waals surface area (Å²) in [5.41, 5.74) is 0.216. The van der Waals surface area contributed by atoms with Gasteiger partial charge in [0, 0.05) is 19.3 Å². The van der Waals surface area contributed by atoms with Gasteiger partial charge in [-0.2, -0.15) is 0 Å². The molecule has 21 heavy (non-hydrogen) atoms. The number of hydrogen-bond donors (Lipinski definition) is 1. The van der Waals surface area contributed by atoms with Crippen molar-refractivity contribution in [1.82, 2.24) is 0 Å². The van der Waals surface area contributed by atoms with Gasteiger partial charge in [-0.1, -0.05) is 23.8 Å². The van der Waals surface area contributed by atoms with Crippen molar-refractivity contribution in [2.75, 3.05) is 0 Å². The highest BCUT2D eigenvalue weighted by Crippen LogP contribution is 2.37. The van der Waals surface area contributed by atoms with Crippen LogP contribution in [0.15, 0.2) is 47.8 Å². The van der Waals surface area contributed by atoms with Crippen LogP contribution in [0.25, 0.3) is 0 Å². The lowest BCUT2D eigenvalue weighted by atomic mass is 9.83. The predicted octanol–water partition coefficient (Wildman–Crippen LogP) is 3.26. The molecular formula is C17H20O4. The summed E-state index contributed by atoms with van der Waals surface area (Å²) in [4.78, 5) is 11.3. The van der Waals surface area contributed by atoms with Crippen LogP contribution in [0.2, 0.25) is 0 Å². The molecule has 0 saturated heterocycles. The van der Waals surface area contributed by atoms with Crippen molar-refractivity contribution < 1.29 is 19.4 Å². The van der Waals surface area contributed by atoms with Crippen molar-refractivity contribution in [2.24, 2.45) is 0 Å². The predicted molar refractivity (Wildman–Crippen MR) is 77.8 cm³/mol. The van der Waals surface area contributed by atoms with E-state index in [-0.39, 0.29) is 5.78 Å². The molecule has 1 heterocycles. The second-order valence-corrected chi connectivity index (χ2v) is 5.84. The first-order valence-electron chi connectivity index (χ1n) is 7.47.